The minimum absolute atomic E-state index is 0.114. The Bertz CT molecular complexity index is 1200. The van der Waals surface area contributed by atoms with Gasteiger partial charge >= 0.3 is 0 Å². The summed E-state index contributed by atoms with van der Waals surface area (Å²) in [5.74, 6) is -1.09. The van der Waals surface area contributed by atoms with E-state index in [1.165, 1.54) is 29.5 Å². The molecule has 142 valence electrons. The maximum Gasteiger partial charge on any atom is 0.272 e. The Hall–Kier alpha value is -3.83. The highest BCUT2D eigenvalue weighted by Gasteiger charge is 2.20. The van der Waals surface area contributed by atoms with Crippen LogP contribution in [0.15, 0.2) is 72.4 Å². The molecule has 1 unspecified atom stereocenters. The molecule has 2 heterocycles. The van der Waals surface area contributed by atoms with Crippen molar-refractivity contribution in [2.45, 2.75) is 6.04 Å². The van der Waals surface area contributed by atoms with Gasteiger partial charge in [0.25, 0.3) is 5.91 Å². The first-order valence-electron chi connectivity index (χ1n) is 8.66. The van der Waals surface area contributed by atoms with E-state index in [2.05, 4.69) is 15.4 Å². The van der Waals surface area contributed by atoms with Gasteiger partial charge in [0, 0.05) is 22.7 Å². The molecule has 4 rings (SSSR count). The van der Waals surface area contributed by atoms with Gasteiger partial charge in [0.15, 0.2) is 0 Å². The molecule has 6 nitrogen and oxygen atoms in total. The molecule has 0 spiro atoms. The van der Waals surface area contributed by atoms with Crippen molar-refractivity contribution in [3.8, 4) is 22.3 Å². The van der Waals surface area contributed by atoms with Crippen molar-refractivity contribution in [2.75, 3.05) is 0 Å². The SMILES string of the molecule is N#CC(NC(=O)c1csc(-c2cnn(-c3ccccc3)c2)n1)c1ccccc1F. The average molecular weight is 403 g/mol. The zero-order valence-corrected chi connectivity index (χ0v) is 15.8. The third-order valence-electron chi connectivity index (χ3n) is 4.21. The van der Waals surface area contributed by atoms with Gasteiger partial charge in [-0.15, -0.1) is 11.3 Å². The number of carbonyl (C=O) groups is 1. The largest absolute Gasteiger partial charge is 0.331 e. The van der Waals surface area contributed by atoms with Crippen molar-refractivity contribution in [2.24, 2.45) is 0 Å². The minimum atomic E-state index is -1.10. The van der Waals surface area contributed by atoms with E-state index in [1.807, 2.05) is 42.6 Å². The third kappa shape index (κ3) is 3.90. The first-order valence-corrected chi connectivity index (χ1v) is 9.54. The van der Waals surface area contributed by atoms with Gasteiger partial charge in [0.2, 0.25) is 0 Å². The number of nitrogens with zero attached hydrogens (tertiary/aromatic N) is 4. The molecule has 0 fully saturated rings. The standard InChI is InChI=1S/C21H14FN5OS/c22-17-9-5-4-8-16(17)18(10-23)25-20(28)19-13-29-21(26-19)14-11-24-27(12-14)15-6-2-1-3-7-15/h1-9,11-13,18H,(H,25,28). The predicted molar refractivity (Wildman–Crippen MR) is 107 cm³/mol. The predicted octanol–water partition coefficient (Wildman–Crippen LogP) is 4.13. The van der Waals surface area contributed by atoms with Gasteiger partial charge < -0.3 is 5.32 Å². The number of halogens is 1. The minimum Gasteiger partial charge on any atom is -0.331 e. The number of thiazole rings is 1. The van der Waals surface area contributed by atoms with Gasteiger partial charge in [0.05, 0.1) is 18.0 Å². The van der Waals surface area contributed by atoms with Gasteiger partial charge in [0.1, 0.15) is 22.6 Å². The smallest absolute Gasteiger partial charge is 0.272 e. The van der Waals surface area contributed by atoms with Gasteiger partial charge in [-0.2, -0.15) is 10.4 Å². The number of aromatic nitrogens is 3. The highest BCUT2D eigenvalue weighted by atomic mass is 32.1. The summed E-state index contributed by atoms with van der Waals surface area (Å²) >= 11 is 1.29. The Morgan fingerprint density at radius 1 is 1.17 bits per heavy atom. The lowest BCUT2D eigenvalue weighted by molar-refractivity contribution is 0.0940. The van der Waals surface area contributed by atoms with E-state index in [0.29, 0.717) is 5.01 Å². The number of rotatable bonds is 5. The van der Waals surface area contributed by atoms with Crippen LogP contribution in [-0.2, 0) is 0 Å². The summed E-state index contributed by atoms with van der Waals surface area (Å²) in [5, 5.41) is 18.4. The van der Waals surface area contributed by atoms with Crippen molar-refractivity contribution in [1.82, 2.24) is 20.1 Å². The van der Waals surface area contributed by atoms with Crippen LogP contribution in [0.25, 0.3) is 16.3 Å². The first-order chi connectivity index (χ1) is 14.2. The maximum atomic E-state index is 13.9. The van der Waals surface area contributed by atoms with E-state index in [1.54, 1.807) is 22.3 Å². The lowest BCUT2D eigenvalue weighted by Crippen LogP contribution is -2.28. The summed E-state index contributed by atoms with van der Waals surface area (Å²) in [4.78, 5) is 16.8. The average Bonchev–Trinajstić information content (AvgIpc) is 3.43. The molecule has 0 aliphatic carbocycles. The van der Waals surface area contributed by atoms with Crippen LogP contribution in [0.1, 0.15) is 22.1 Å². The lowest BCUT2D eigenvalue weighted by Gasteiger charge is -2.11. The van der Waals surface area contributed by atoms with E-state index >= 15 is 0 Å². The Morgan fingerprint density at radius 3 is 2.69 bits per heavy atom. The van der Waals surface area contributed by atoms with Crippen LogP contribution in [-0.4, -0.2) is 20.7 Å². The maximum absolute atomic E-state index is 13.9. The number of amides is 1. The molecule has 1 atom stereocenters. The zero-order valence-electron chi connectivity index (χ0n) is 15.0. The second-order valence-electron chi connectivity index (χ2n) is 6.10. The summed E-state index contributed by atoms with van der Waals surface area (Å²) in [7, 11) is 0. The van der Waals surface area contributed by atoms with Crippen molar-refractivity contribution in [1.29, 1.82) is 5.26 Å². The lowest BCUT2D eigenvalue weighted by atomic mass is 10.1. The summed E-state index contributed by atoms with van der Waals surface area (Å²) in [6, 6.07) is 16.3. The van der Waals surface area contributed by atoms with Crippen LogP contribution in [0.4, 0.5) is 4.39 Å². The summed E-state index contributed by atoms with van der Waals surface area (Å²) in [6.07, 6.45) is 3.50. The fourth-order valence-electron chi connectivity index (χ4n) is 2.76. The fraction of sp³-hybridized carbons (Fsp3) is 0.0476. The van der Waals surface area contributed by atoms with Gasteiger partial charge in [-0.05, 0) is 18.2 Å². The van der Waals surface area contributed by atoms with Crippen molar-refractivity contribution in [3.63, 3.8) is 0 Å². The molecule has 2 aromatic heterocycles. The van der Waals surface area contributed by atoms with E-state index in [0.717, 1.165) is 11.3 Å². The van der Waals surface area contributed by atoms with Crippen LogP contribution in [0.5, 0.6) is 0 Å². The first kappa shape index (κ1) is 18.5. The second kappa shape index (κ2) is 8.04. The van der Waals surface area contributed by atoms with Gasteiger partial charge in [-0.3, -0.25) is 4.79 Å². The molecule has 0 aliphatic rings. The Kier molecular flexibility index (Phi) is 5.14. The number of para-hydroxylation sites is 1. The number of carbonyl (C=O) groups excluding carboxylic acids is 1. The van der Waals surface area contributed by atoms with E-state index < -0.39 is 17.8 Å². The molecular weight excluding hydrogens is 389 g/mol. The molecule has 8 heteroatoms. The van der Waals surface area contributed by atoms with Crippen LogP contribution < -0.4 is 5.32 Å². The van der Waals surface area contributed by atoms with Gasteiger partial charge in [-0.1, -0.05) is 36.4 Å². The Morgan fingerprint density at radius 2 is 1.93 bits per heavy atom. The molecule has 0 saturated heterocycles. The van der Waals surface area contributed by atoms with Crippen LogP contribution >= 0.6 is 11.3 Å². The molecule has 0 radical (unpaired) electrons. The topological polar surface area (TPSA) is 83.6 Å². The summed E-state index contributed by atoms with van der Waals surface area (Å²) in [6.45, 7) is 0. The fourth-order valence-corrected chi connectivity index (χ4v) is 3.54. The normalized spacial score (nSPS) is 11.6. The number of hydrogen-bond donors (Lipinski definition) is 1. The van der Waals surface area contributed by atoms with Crippen LogP contribution in [0.2, 0.25) is 0 Å². The highest BCUT2D eigenvalue weighted by molar-refractivity contribution is 7.13. The van der Waals surface area contributed by atoms with Crippen LogP contribution in [0, 0.1) is 17.1 Å². The Labute approximate surface area is 169 Å². The second-order valence-corrected chi connectivity index (χ2v) is 6.96. The molecule has 1 N–H and O–H groups in total. The summed E-state index contributed by atoms with van der Waals surface area (Å²) < 4.78 is 15.6. The number of nitrogens with one attached hydrogen (secondary N) is 1. The van der Waals surface area contributed by atoms with Crippen molar-refractivity contribution >= 4 is 17.2 Å². The molecule has 1 amide bonds. The monoisotopic (exact) mass is 403 g/mol. The third-order valence-corrected chi connectivity index (χ3v) is 5.10. The molecule has 4 aromatic rings. The molecule has 29 heavy (non-hydrogen) atoms. The molecular formula is C21H14FN5OS. The molecule has 0 bridgehead atoms. The van der Waals surface area contributed by atoms with Gasteiger partial charge in [-0.25, -0.2) is 14.1 Å². The number of benzene rings is 2. The Balaban J connectivity index is 1.52. The van der Waals surface area contributed by atoms with Crippen molar-refractivity contribution in [3.05, 3.63) is 89.4 Å². The zero-order chi connectivity index (χ0) is 20.2. The van der Waals surface area contributed by atoms with E-state index in [9.17, 15) is 14.4 Å². The molecule has 0 aliphatic heterocycles. The van der Waals surface area contributed by atoms with Crippen LogP contribution in [0.3, 0.4) is 0 Å². The van der Waals surface area contributed by atoms with E-state index in [-0.39, 0.29) is 11.3 Å². The molecule has 2 aromatic carbocycles. The van der Waals surface area contributed by atoms with Crippen molar-refractivity contribution < 1.29 is 9.18 Å². The summed E-state index contributed by atoms with van der Waals surface area (Å²) in [5.41, 5.74) is 1.95. The quantitative estimate of drug-likeness (QED) is 0.543. The molecule has 0 saturated carbocycles. The number of hydrogen-bond acceptors (Lipinski definition) is 5. The number of nitriles is 1. The van der Waals surface area contributed by atoms with E-state index in [4.69, 9.17) is 0 Å². The highest BCUT2D eigenvalue weighted by Crippen LogP contribution is 2.25.